The summed E-state index contributed by atoms with van der Waals surface area (Å²) in [5.41, 5.74) is -3.60. The van der Waals surface area contributed by atoms with E-state index in [9.17, 15) is 29.4 Å². The van der Waals surface area contributed by atoms with E-state index in [1.54, 1.807) is 0 Å². The molecule has 2 unspecified atom stereocenters. The molecule has 6 amide bonds. The number of urea groups is 2. The molecule has 0 aromatic heterocycles. The Bertz CT molecular complexity index is 1200. The summed E-state index contributed by atoms with van der Waals surface area (Å²) in [4.78, 5) is 58.5. The zero-order chi connectivity index (χ0) is 39.5. The number of amides is 6. The van der Waals surface area contributed by atoms with E-state index in [2.05, 4.69) is 28.2 Å². The van der Waals surface area contributed by atoms with Crippen molar-refractivity contribution >= 4 is 23.9 Å². The highest BCUT2D eigenvalue weighted by Crippen LogP contribution is 2.41. The van der Waals surface area contributed by atoms with Crippen LogP contribution < -0.4 is 21.3 Å². The predicted octanol–water partition coefficient (Wildman–Crippen LogP) is 4.39. The summed E-state index contributed by atoms with van der Waals surface area (Å²) in [6, 6.07) is -0.999. The average Bonchev–Trinajstić information content (AvgIpc) is 3.32. The number of carbonyl (C=O) groups is 4. The van der Waals surface area contributed by atoms with Crippen molar-refractivity contribution in [2.75, 3.05) is 32.7 Å². The monoisotopic (exact) mass is 748 g/mol. The number of nitrogens with zero attached hydrogens (tertiary/aromatic N) is 3. The van der Waals surface area contributed by atoms with Crippen molar-refractivity contribution in [2.45, 2.75) is 198 Å². The smallest absolute Gasteiger partial charge is 0.325 e. The number of hydrogen-bond acceptors (Lipinski definition) is 9. The molecule has 4 heterocycles. The first-order valence-electron chi connectivity index (χ1n) is 20.5. The van der Waals surface area contributed by atoms with Crippen molar-refractivity contribution in [3.63, 3.8) is 0 Å². The van der Waals surface area contributed by atoms with Gasteiger partial charge in [0.2, 0.25) is 0 Å². The number of unbranched alkanes of at least 4 members (excludes halogenated alkanes) is 9. The number of nitrogens with one attached hydrogen (secondary N) is 4. The molecule has 13 nitrogen and oxygen atoms in total. The molecule has 0 radical (unpaired) electrons. The molecule has 53 heavy (non-hydrogen) atoms. The van der Waals surface area contributed by atoms with Gasteiger partial charge in [-0.05, 0) is 94.0 Å². The fourth-order valence-electron chi connectivity index (χ4n) is 10.5. The predicted molar refractivity (Wildman–Crippen MR) is 207 cm³/mol. The van der Waals surface area contributed by atoms with Crippen molar-refractivity contribution in [1.82, 2.24) is 36.0 Å². The Labute approximate surface area is 319 Å². The summed E-state index contributed by atoms with van der Waals surface area (Å²) in [6.45, 7) is 18.9. The molecule has 0 aliphatic carbocycles. The van der Waals surface area contributed by atoms with Crippen molar-refractivity contribution < 1.29 is 29.4 Å². The van der Waals surface area contributed by atoms with Crippen LogP contribution in [0.25, 0.3) is 0 Å². The Morgan fingerprint density at radius 3 is 1.23 bits per heavy atom. The highest BCUT2D eigenvalue weighted by molar-refractivity contribution is 6.08. The maximum Gasteiger partial charge on any atom is 0.325 e. The summed E-state index contributed by atoms with van der Waals surface area (Å²) in [5, 5.41) is 35.8. The Morgan fingerprint density at radius 2 is 0.887 bits per heavy atom. The third-order valence-electron chi connectivity index (χ3n) is 11.4. The maximum atomic E-state index is 13.9. The van der Waals surface area contributed by atoms with Crippen LogP contribution in [0.1, 0.15) is 152 Å². The van der Waals surface area contributed by atoms with E-state index in [0.29, 0.717) is 32.2 Å². The normalized spacial score (nSPS) is 25.0. The van der Waals surface area contributed by atoms with Crippen LogP contribution in [0.3, 0.4) is 0 Å². The Hall–Kier alpha value is -2.32. The molecule has 4 fully saturated rings. The molecule has 6 N–H and O–H groups in total. The minimum Gasteiger partial charge on any atom is -0.390 e. The third-order valence-corrected chi connectivity index (χ3v) is 11.4. The lowest BCUT2D eigenvalue weighted by atomic mass is 9.71. The minimum absolute atomic E-state index is 0.120. The van der Waals surface area contributed by atoms with Gasteiger partial charge in [0.25, 0.3) is 11.8 Å². The van der Waals surface area contributed by atoms with Gasteiger partial charge in [0, 0.05) is 35.2 Å². The SMILES string of the molecule is CCCCCCCCCCCCN(CC(O)CN1C(=O)NC2(CC(C)(C)NC(C)(C)C2)C1=O)CC(O)CN1C(=O)NC2(CC(C)(C)NC(C)(C)C2)C1=O. The molecule has 4 aliphatic rings. The fraction of sp³-hybridized carbons (Fsp3) is 0.900. The molecule has 4 aliphatic heterocycles. The van der Waals surface area contributed by atoms with Crippen LogP contribution >= 0.6 is 0 Å². The number of imide groups is 2. The zero-order valence-corrected chi connectivity index (χ0v) is 34.5. The van der Waals surface area contributed by atoms with E-state index in [4.69, 9.17) is 0 Å². The van der Waals surface area contributed by atoms with Gasteiger partial charge in [-0.25, -0.2) is 9.59 Å². The Kier molecular flexibility index (Phi) is 13.8. The zero-order valence-electron chi connectivity index (χ0n) is 34.5. The molecular weight excluding hydrogens is 674 g/mol. The lowest BCUT2D eigenvalue weighted by molar-refractivity contribution is -0.136. The van der Waals surface area contributed by atoms with E-state index >= 15 is 0 Å². The van der Waals surface area contributed by atoms with Crippen LogP contribution in [-0.2, 0) is 9.59 Å². The van der Waals surface area contributed by atoms with E-state index < -0.39 is 35.3 Å². The van der Waals surface area contributed by atoms with Gasteiger partial charge in [-0.15, -0.1) is 0 Å². The first-order valence-corrected chi connectivity index (χ1v) is 20.5. The number of aliphatic hydroxyl groups is 2. The summed E-state index contributed by atoms with van der Waals surface area (Å²) in [5.74, 6) is -0.635. The maximum absolute atomic E-state index is 13.9. The van der Waals surface area contributed by atoms with Crippen LogP contribution in [0.4, 0.5) is 9.59 Å². The third kappa shape index (κ3) is 11.4. The molecule has 0 aromatic carbocycles. The number of aliphatic hydroxyl groups excluding tert-OH is 2. The largest absolute Gasteiger partial charge is 0.390 e. The second kappa shape index (κ2) is 16.8. The molecule has 4 saturated heterocycles. The van der Waals surface area contributed by atoms with Crippen LogP contribution in [0.5, 0.6) is 0 Å². The number of hydrogen-bond donors (Lipinski definition) is 6. The lowest BCUT2D eigenvalue weighted by Crippen LogP contribution is -2.68. The molecular formula is C40H73N7O6. The highest BCUT2D eigenvalue weighted by Gasteiger charge is 2.60. The second-order valence-electron chi connectivity index (χ2n) is 19.6. The van der Waals surface area contributed by atoms with E-state index in [1.165, 1.54) is 44.9 Å². The van der Waals surface area contributed by atoms with E-state index in [0.717, 1.165) is 29.1 Å². The fourth-order valence-corrected chi connectivity index (χ4v) is 10.5. The topological polar surface area (TPSA) is 167 Å². The lowest BCUT2D eigenvalue weighted by Gasteiger charge is -2.50. The Morgan fingerprint density at radius 1 is 0.566 bits per heavy atom. The van der Waals surface area contributed by atoms with Gasteiger partial charge in [-0.3, -0.25) is 24.3 Å². The van der Waals surface area contributed by atoms with Gasteiger partial charge < -0.3 is 31.5 Å². The number of piperidine rings is 2. The molecule has 0 saturated carbocycles. The number of β-amino-alcohol motifs (C(OH)–C–C–N with tert-alkyl or cyclic N) is 2. The van der Waals surface area contributed by atoms with Crippen LogP contribution in [0.15, 0.2) is 0 Å². The van der Waals surface area contributed by atoms with Gasteiger partial charge in [0.1, 0.15) is 11.1 Å². The van der Waals surface area contributed by atoms with E-state index in [1.807, 2.05) is 60.3 Å². The van der Waals surface area contributed by atoms with Gasteiger partial charge in [-0.2, -0.15) is 0 Å². The standard InChI is InChI=1S/C40H73N7O6/c1-10-11-12-13-14-15-16-17-18-19-20-45(21-29(48)23-46-31(50)39(41-33(46)52)25-35(2,3)43-36(4,5)26-39)22-30(49)24-47-32(51)40(42-34(47)53)27-37(6,7)44-38(8,9)28-40/h29-30,43-44,48-49H,10-28H2,1-9H3,(H,41,52)(H,42,53). The minimum atomic E-state index is -1.06. The van der Waals surface area contributed by atoms with Gasteiger partial charge >= 0.3 is 12.1 Å². The first kappa shape index (κ1) is 43.4. The van der Waals surface area contributed by atoms with Gasteiger partial charge in [0.15, 0.2) is 0 Å². The van der Waals surface area contributed by atoms with Crippen molar-refractivity contribution in [2.24, 2.45) is 0 Å². The van der Waals surface area contributed by atoms with Crippen molar-refractivity contribution in [1.29, 1.82) is 0 Å². The van der Waals surface area contributed by atoms with Crippen LogP contribution in [0, 0.1) is 0 Å². The van der Waals surface area contributed by atoms with Crippen LogP contribution in [0.2, 0.25) is 0 Å². The van der Waals surface area contributed by atoms with E-state index in [-0.39, 0.29) is 60.1 Å². The number of carbonyl (C=O) groups excluding carboxylic acids is 4. The van der Waals surface area contributed by atoms with Crippen LogP contribution in [-0.4, -0.2) is 127 Å². The van der Waals surface area contributed by atoms with Crippen molar-refractivity contribution in [3.8, 4) is 0 Å². The quantitative estimate of drug-likeness (QED) is 0.0830. The van der Waals surface area contributed by atoms with Crippen molar-refractivity contribution in [3.05, 3.63) is 0 Å². The first-order chi connectivity index (χ1) is 24.5. The molecule has 304 valence electrons. The summed E-state index contributed by atoms with van der Waals surface area (Å²) >= 11 is 0. The summed E-state index contributed by atoms with van der Waals surface area (Å²) < 4.78 is 0. The average molecular weight is 748 g/mol. The molecule has 0 bridgehead atoms. The molecule has 2 atom stereocenters. The van der Waals surface area contributed by atoms with Gasteiger partial charge in [0.05, 0.1) is 25.3 Å². The summed E-state index contributed by atoms with van der Waals surface area (Å²) in [7, 11) is 0. The second-order valence-corrected chi connectivity index (χ2v) is 19.6. The Balaban J connectivity index is 1.38. The molecule has 2 spiro atoms. The highest BCUT2D eigenvalue weighted by atomic mass is 16.3. The molecule has 0 aromatic rings. The summed E-state index contributed by atoms with van der Waals surface area (Å²) in [6.07, 6.45) is 11.4. The molecule has 4 rings (SSSR count). The number of rotatable bonds is 19. The van der Waals surface area contributed by atoms with Gasteiger partial charge in [-0.1, -0.05) is 64.7 Å². The molecule has 13 heteroatoms.